The van der Waals surface area contributed by atoms with Gasteiger partial charge in [0.2, 0.25) is 0 Å². The molecule has 0 saturated heterocycles. The Morgan fingerprint density at radius 3 is 1.83 bits per heavy atom. The lowest BCUT2D eigenvalue weighted by molar-refractivity contribution is -0.697. The van der Waals surface area contributed by atoms with Crippen LogP contribution in [0.15, 0.2) is 140 Å². The van der Waals surface area contributed by atoms with Crippen LogP contribution < -0.4 is 20.5 Å². The van der Waals surface area contributed by atoms with E-state index in [0.717, 1.165) is 47.6 Å². The highest BCUT2D eigenvalue weighted by Gasteiger charge is 2.44. The molecule has 2 aromatic heterocycles. The van der Waals surface area contributed by atoms with Gasteiger partial charge in [-0.15, -0.1) is 0 Å². The number of H-pyrrole nitrogens is 1. The second kappa shape index (κ2) is 12.5. The van der Waals surface area contributed by atoms with Crippen molar-refractivity contribution in [2.24, 2.45) is 0 Å². The van der Waals surface area contributed by atoms with Gasteiger partial charge in [-0.05, 0) is 72.1 Å². The molecular weight excluding hydrogens is 522 g/mol. The van der Waals surface area contributed by atoms with Crippen molar-refractivity contribution in [3.63, 3.8) is 0 Å². The van der Waals surface area contributed by atoms with E-state index in [1.807, 2.05) is 12.3 Å². The smallest absolute Gasteiger partial charge is 0.169 e. The standard InChI is InChI=1S/C37H33FN2P/c38-32-20-21-37-36(28-32)31(29-39-37)19-18-30-22-25-40(26-23-30)24-10-11-27-41(33-12-4-1-5-13-33,34-14-6-2-7-15-34)35-16-8-3-9-17-35/h1-9,12-23,25-26,28-29H,10-11,24,27H2/q+1/p+1. The zero-order valence-corrected chi connectivity index (χ0v) is 23.9. The molecule has 0 spiro atoms. The zero-order valence-electron chi connectivity index (χ0n) is 23.0. The molecule has 1 N–H and O–H groups in total. The first kappa shape index (κ1) is 26.9. The van der Waals surface area contributed by atoms with E-state index in [1.165, 1.54) is 22.0 Å². The molecule has 6 aromatic rings. The monoisotopic (exact) mass is 556 g/mol. The number of hydrogen-bond donors (Lipinski definition) is 1. The number of aromatic amines is 1. The maximum Gasteiger partial charge on any atom is 0.169 e. The Labute approximate surface area is 242 Å². The number of unbranched alkanes of at least 4 members (excludes halogenated alkanes) is 1. The predicted molar refractivity (Wildman–Crippen MR) is 173 cm³/mol. The number of nitrogens with zero attached hydrogens (tertiary/aromatic N) is 1. The summed E-state index contributed by atoms with van der Waals surface area (Å²) >= 11 is 0. The lowest BCUT2D eigenvalue weighted by atomic mass is 10.1. The van der Waals surface area contributed by atoms with Gasteiger partial charge in [-0.1, -0.05) is 66.7 Å². The average Bonchev–Trinajstić information content (AvgIpc) is 3.44. The third-order valence-electron chi connectivity index (χ3n) is 7.80. The molecule has 0 atom stereocenters. The molecule has 0 saturated carbocycles. The summed E-state index contributed by atoms with van der Waals surface area (Å²) in [4.78, 5) is 3.21. The first-order chi connectivity index (χ1) is 20.2. The van der Waals surface area contributed by atoms with Crippen molar-refractivity contribution in [1.82, 2.24) is 4.98 Å². The molecule has 0 unspecified atom stereocenters. The van der Waals surface area contributed by atoms with Crippen molar-refractivity contribution in [2.45, 2.75) is 19.4 Å². The summed E-state index contributed by atoms with van der Waals surface area (Å²) in [7, 11) is -1.78. The Morgan fingerprint density at radius 2 is 1.24 bits per heavy atom. The van der Waals surface area contributed by atoms with Crippen LogP contribution in [0, 0.1) is 5.82 Å². The molecular formula is C37H34FN2P+2. The first-order valence-corrected chi connectivity index (χ1v) is 16.2. The Hall–Kier alpha value is -4.33. The highest BCUT2D eigenvalue weighted by atomic mass is 31.2. The van der Waals surface area contributed by atoms with Crippen LogP contribution >= 0.6 is 7.26 Å². The number of aromatic nitrogens is 2. The molecule has 0 aliphatic heterocycles. The molecule has 2 heterocycles. The number of hydrogen-bond acceptors (Lipinski definition) is 0. The van der Waals surface area contributed by atoms with Gasteiger partial charge < -0.3 is 4.98 Å². The number of aryl methyl sites for hydroxylation is 1. The maximum atomic E-state index is 13.7. The van der Waals surface area contributed by atoms with E-state index in [4.69, 9.17) is 0 Å². The number of fused-ring (bicyclic) bond motifs is 1. The number of benzene rings is 4. The molecule has 0 aliphatic rings. The van der Waals surface area contributed by atoms with Gasteiger partial charge in [0.1, 0.15) is 35.5 Å². The van der Waals surface area contributed by atoms with Crippen LogP contribution in [-0.2, 0) is 6.54 Å². The van der Waals surface area contributed by atoms with E-state index in [9.17, 15) is 4.39 Å². The Kier molecular flexibility index (Phi) is 8.16. The third kappa shape index (κ3) is 5.92. The third-order valence-corrected chi connectivity index (χ3v) is 12.3. The van der Waals surface area contributed by atoms with Crippen LogP contribution in [0.25, 0.3) is 23.1 Å². The second-order valence-electron chi connectivity index (χ2n) is 10.4. The van der Waals surface area contributed by atoms with Crippen LogP contribution in [-0.4, -0.2) is 11.1 Å². The number of pyridine rings is 1. The molecule has 6 rings (SSSR count). The van der Waals surface area contributed by atoms with E-state index < -0.39 is 7.26 Å². The molecule has 0 fully saturated rings. The molecule has 202 valence electrons. The second-order valence-corrected chi connectivity index (χ2v) is 14.0. The van der Waals surface area contributed by atoms with Crippen molar-refractivity contribution in [3.05, 3.63) is 157 Å². The Bertz CT molecular complexity index is 1630. The van der Waals surface area contributed by atoms with Crippen LogP contribution in [0.1, 0.15) is 24.0 Å². The molecule has 0 aliphatic carbocycles. The van der Waals surface area contributed by atoms with Gasteiger partial charge in [0.25, 0.3) is 0 Å². The summed E-state index contributed by atoms with van der Waals surface area (Å²) in [5.41, 5.74) is 3.04. The van der Waals surface area contributed by atoms with Gasteiger partial charge >= 0.3 is 0 Å². The van der Waals surface area contributed by atoms with Crippen molar-refractivity contribution < 1.29 is 8.96 Å². The minimum Gasteiger partial charge on any atom is -0.361 e. The Morgan fingerprint density at radius 1 is 0.659 bits per heavy atom. The van der Waals surface area contributed by atoms with E-state index in [-0.39, 0.29) is 5.82 Å². The van der Waals surface area contributed by atoms with Crippen molar-refractivity contribution in [1.29, 1.82) is 0 Å². The summed E-state index contributed by atoms with van der Waals surface area (Å²) in [6, 6.07) is 42.5. The summed E-state index contributed by atoms with van der Waals surface area (Å²) in [5.74, 6) is -0.219. The topological polar surface area (TPSA) is 19.7 Å². The zero-order chi connectivity index (χ0) is 27.9. The lowest BCUT2D eigenvalue weighted by Gasteiger charge is -2.27. The fourth-order valence-electron chi connectivity index (χ4n) is 5.69. The van der Waals surface area contributed by atoms with Crippen LogP contribution in [0.2, 0.25) is 0 Å². The Balaban J connectivity index is 1.16. The SMILES string of the molecule is Fc1ccc2[nH]cc(/C=C/c3cc[n+](CCCC[P+](c4ccccc4)(c4ccccc4)c4ccccc4)cc3)c2c1. The number of halogens is 1. The predicted octanol–water partition coefficient (Wildman–Crippen LogP) is 7.54. The van der Waals surface area contributed by atoms with E-state index >= 15 is 0 Å². The van der Waals surface area contributed by atoms with E-state index in [0.29, 0.717) is 0 Å². The summed E-state index contributed by atoms with van der Waals surface area (Å²) in [6.07, 6.45) is 13.7. The van der Waals surface area contributed by atoms with Crippen molar-refractivity contribution in [2.75, 3.05) is 6.16 Å². The van der Waals surface area contributed by atoms with Crippen LogP contribution in [0.5, 0.6) is 0 Å². The fourth-order valence-corrected chi connectivity index (χ4v) is 10.1. The normalized spacial score (nSPS) is 11.8. The van der Waals surface area contributed by atoms with Gasteiger partial charge in [-0.25, -0.2) is 8.96 Å². The molecule has 0 bridgehead atoms. The summed E-state index contributed by atoms with van der Waals surface area (Å²) in [6.45, 7) is 0.976. The highest BCUT2D eigenvalue weighted by molar-refractivity contribution is 7.95. The van der Waals surface area contributed by atoms with Gasteiger partial charge in [-0.3, -0.25) is 0 Å². The molecule has 4 heteroatoms. The van der Waals surface area contributed by atoms with Crippen molar-refractivity contribution >= 4 is 46.2 Å². The number of nitrogens with one attached hydrogen (secondary N) is 1. The minimum atomic E-state index is -1.78. The number of rotatable bonds is 10. The van der Waals surface area contributed by atoms with Gasteiger partial charge in [0.05, 0.1) is 6.16 Å². The van der Waals surface area contributed by atoms with Crippen LogP contribution in [0.3, 0.4) is 0 Å². The maximum absolute atomic E-state index is 13.7. The molecule has 2 nitrogen and oxygen atoms in total. The first-order valence-electron chi connectivity index (χ1n) is 14.2. The van der Waals surface area contributed by atoms with Gasteiger partial charge in [0, 0.05) is 35.7 Å². The molecule has 41 heavy (non-hydrogen) atoms. The fraction of sp³-hybridized carbons (Fsp3) is 0.108. The lowest BCUT2D eigenvalue weighted by Crippen LogP contribution is -2.35. The summed E-state index contributed by atoms with van der Waals surface area (Å²) in [5, 5.41) is 5.23. The van der Waals surface area contributed by atoms with E-state index in [1.54, 1.807) is 12.1 Å². The molecule has 0 radical (unpaired) electrons. The average molecular weight is 557 g/mol. The quantitative estimate of drug-likeness (QED) is 0.102. The van der Waals surface area contributed by atoms with Crippen LogP contribution in [0.4, 0.5) is 4.39 Å². The molecule has 4 aromatic carbocycles. The van der Waals surface area contributed by atoms with Crippen molar-refractivity contribution in [3.8, 4) is 0 Å². The minimum absolute atomic E-state index is 0.219. The molecule has 0 amide bonds. The van der Waals surface area contributed by atoms with Gasteiger partial charge in [0.15, 0.2) is 12.4 Å². The van der Waals surface area contributed by atoms with E-state index in [2.05, 4.69) is 131 Å². The largest absolute Gasteiger partial charge is 0.361 e. The van der Waals surface area contributed by atoms with Gasteiger partial charge in [-0.2, -0.15) is 0 Å². The highest BCUT2D eigenvalue weighted by Crippen LogP contribution is 2.55. The summed E-state index contributed by atoms with van der Waals surface area (Å²) < 4.78 is 16.0.